The van der Waals surface area contributed by atoms with E-state index in [-0.39, 0.29) is 30.4 Å². The van der Waals surface area contributed by atoms with Crippen molar-refractivity contribution in [2.24, 2.45) is 0 Å². The Morgan fingerprint density at radius 3 is 2.50 bits per heavy atom. The number of nitrogens with one attached hydrogen (secondary N) is 1. The van der Waals surface area contributed by atoms with Gasteiger partial charge < -0.3 is 10.2 Å². The first-order chi connectivity index (χ1) is 12.6. The zero-order chi connectivity index (χ0) is 18.4. The number of nitrogens with zero attached hydrogens (tertiary/aromatic N) is 2. The Morgan fingerprint density at radius 1 is 1.00 bits per heavy atom. The lowest BCUT2D eigenvalue weighted by Gasteiger charge is -2.15. The van der Waals surface area contributed by atoms with Crippen LogP contribution in [-0.4, -0.2) is 40.6 Å². The lowest BCUT2D eigenvalue weighted by molar-refractivity contribution is -0.116. The van der Waals surface area contributed by atoms with Gasteiger partial charge in [-0.05, 0) is 43.2 Å². The lowest BCUT2D eigenvalue weighted by atomic mass is 10.1. The van der Waals surface area contributed by atoms with Crippen molar-refractivity contribution in [1.29, 1.82) is 0 Å². The Bertz CT molecular complexity index is 799. The average molecular weight is 351 g/mol. The number of Topliss-reactive ketones (excluding diaryl/α,β-unsaturated/α-hetero) is 1. The van der Waals surface area contributed by atoms with Crippen LogP contribution >= 0.6 is 0 Å². The second-order valence-electron chi connectivity index (χ2n) is 6.29. The van der Waals surface area contributed by atoms with Crippen molar-refractivity contribution < 1.29 is 14.4 Å². The van der Waals surface area contributed by atoms with Gasteiger partial charge >= 0.3 is 0 Å². The van der Waals surface area contributed by atoms with E-state index in [9.17, 15) is 14.4 Å². The number of amides is 2. The molecule has 0 saturated carbocycles. The highest BCUT2D eigenvalue weighted by molar-refractivity contribution is 6.00. The van der Waals surface area contributed by atoms with Crippen LogP contribution in [0.15, 0.2) is 48.8 Å². The summed E-state index contributed by atoms with van der Waals surface area (Å²) < 4.78 is 0. The monoisotopic (exact) mass is 351 g/mol. The summed E-state index contributed by atoms with van der Waals surface area (Å²) in [5.74, 6) is -0.385. The highest BCUT2D eigenvalue weighted by Gasteiger charge is 2.19. The minimum atomic E-state index is -0.256. The number of carbonyl (C=O) groups excluding carboxylic acids is 3. The maximum atomic E-state index is 12.4. The van der Waals surface area contributed by atoms with Crippen molar-refractivity contribution in [3.63, 3.8) is 0 Å². The van der Waals surface area contributed by atoms with Gasteiger partial charge in [-0.15, -0.1) is 0 Å². The predicted molar refractivity (Wildman–Crippen MR) is 98.0 cm³/mol. The zero-order valence-electron chi connectivity index (χ0n) is 14.5. The van der Waals surface area contributed by atoms with Crippen LogP contribution in [0.25, 0.3) is 0 Å². The molecule has 1 aliphatic rings. The summed E-state index contributed by atoms with van der Waals surface area (Å²) >= 11 is 0. The minimum absolute atomic E-state index is 0.00893. The molecule has 0 aliphatic carbocycles. The number of likely N-dealkylation sites (tertiary alicyclic amines) is 1. The molecule has 0 unspecified atom stereocenters. The third-order valence-electron chi connectivity index (χ3n) is 4.35. The van der Waals surface area contributed by atoms with Crippen molar-refractivity contribution in [3.05, 3.63) is 59.9 Å². The third-order valence-corrected chi connectivity index (χ3v) is 4.35. The molecule has 0 bridgehead atoms. The molecule has 1 fully saturated rings. The van der Waals surface area contributed by atoms with E-state index in [1.54, 1.807) is 42.6 Å². The van der Waals surface area contributed by atoms with E-state index in [4.69, 9.17) is 0 Å². The van der Waals surface area contributed by atoms with Crippen LogP contribution in [0.2, 0.25) is 0 Å². The van der Waals surface area contributed by atoms with Crippen molar-refractivity contribution >= 4 is 23.3 Å². The summed E-state index contributed by atoms with van der Waals surface area (Å²) in [4.78, 5) is 42.3. The fourth-order valence-electron chi connectivity index (χ4n) is 2.96. The highest BCUT2D eigenvalue weighted by Crippen LogP contribution is 2.17. The molecule has 1 aromatic heterocycles. The van der Waals surface area contributed by atoms with Gasteiger partial charge in [-0.1, -0.05) is 6.07 Å². The van der Waals surface area contributed by atoms with Gasteiger partial charge in [0, 0.05) is 55.1 Å². The van der Waals surface area contributed by atoms with Crippen LogP contribution in [0.4, 0.5) is 5.69 Å². The van der Waals surface area contributed by atoms with Crippen molar-refractivity contribution in [3.8, 4) is 0 Å². The Balaban J connectivity index is 1.55. The molecule has 0 atom stereocenters. The van der Waals surface area contributed by atoms with E-state index in [0.717, 1.165) is 25.9 Å². The van der Waals surface area contributed by atoms with E-state index in [0.29, 0.717) is 16.8 Å². The van der Waals surface area contributed by atoms with Crippen molar-refractivity contribution in [2.45, 2.75) is 25.7 Å². The number of ketones is 1. The van der Waals surface area contributed by atoms with Crippen molar-refractivity contribution in [1.82, 2.24) is 9.88 Å². The number of pyridine rings is 1. The summed E-state index contributed by atoms with van der Waals surface area (Å²) in [5, 5.41) is 2.76. The second-order valence-corrected chi connectivity index (χ2v) is 6.29. The molecule has 26 heavy (non-hydrogen) atoms. The normalized spacial score (nSPS) is 13.5. The van der Waals surface area contributed by atoms with Gasteiger partial charge in [0.1, 0.15) is 0 Å². The molecule has 2 amide bonds. The molecular formula is C20H21N3O3. The molecule has 1 N–H and O–H groups in total. The van der Waals surface area contributed by atoms with E-state index in [1.165, 1.54) is 6.20 Å². The van der Waals surface area contributed by atoms with Gasteiger partial charge in [0.25, 0.3) is 5.91 Å². The highest BCUT2D eigenvalue weighted by atomic mass is 16.2. The predicted octanol–water partition coefficient (Wildman–Crippen LogP) is 2.92. The van der Waals surface area contributed by atoms with Gasteiger partial charge in [-0.2, -0.15) is 0 Å². The maximum Gasteiger partial charge on any atom is 0.253 e. The molecule has 6 heteroatoms. The summed E-state index contributed by atoms with van der Waals surface area (Å²) in [7, 11) is 0. The molecule has 0 radical (unpaired) electrons. The summed E-state index contributed by atoms with van der Waals surface area (Å²) in [6, 6.07) is 10.3. The van der Waals surface area contributed by atoms with Crippen LogP contribution in [0.1, 0.15) is 46.4 Å². The largest absolute Gasteiger partial charge is 0.339 e. The molecule has 6 nitrogen and oxygen atoms in total. The molecule has 2 heterocycles. The van der Waals surface area contributed by atoms with Crippen LogP contribution in [-0.2, 0) is 4.79 Å². The topological polar surface area (TPSA) is 79.4 Å². The zero-order valence-corrected chi connectivity index (χ0v) is 14.5. The quantitative estimate of drug-likeness (QED) is 0.812. The van der Waals surface area contributed by atoms with Gasteiger partial charge in [0.05, 0.1) is 0 Å². The SMILES string of the molecule is O=C(CCC(=O)c1cccnc1)Nc1cccc(C(=O)N2CCCC2)c1. The van der Waals surface area contributed by atoms with Crippen molar-refractivity contribution in [2.75, 3.05) is 18.4 Å². The van der Waals surface area contributed by atoms with E-state index in [1.807, 2.05) is 4.90 Å². The number of aromatic nitrogens is 1. The molecule has 1 aromatic carbocycles. The number of carbonyl (C=O) groups is 3. The number of rotatable bonds is 6. The first-order valence-corrected chi connectivity index (χ1v) is 8.76. The second kappa shape index (κ2) is 8.38. The van der Waals surface area contributed by atoms with Crippen LogP contribution in [0, 0.1) is 0 Å². The van der Waals surface area contributed by atoms with Crippen LogP contribution in [0.5, 0.6) is 0 Å². The lowest BCUT2D eigenvalue weighted by Crippen LogP contribution is -2.27. The Labute approximate surface area is 152 Å². The molecule has 1 aliphatic heterocycles. The summed E-state index contributed by atoms with van der Waals surface area (Å²) in [6.07, 6.45) is 5.36. The number of hydrogen-bond acceptors (Lipinski definition) is 4. The smallest absolute Gasteiger partial charge is 0.253 e. The first-order valence-electron chi connectivity index (χ1n) is 8.76. The fraction of sp³-hybridized carbons (Fsp3) is 0.300. The first kappa shape index (κ1) is 17.8. The number of hydrogen-bond donors (Lipinski definition) is 1. The van der Waals surface area contributed by atoms with Crippen LogP contribution < -0.4 is 5.32 Å². The minimum Gasteiger partial charge on any atom is -0.339 e. The maximum absolute atomic E-state index is 12.4. The standard InChI is InChI=1S/C20H21N3O3/c24-18(16-6-4-10-21-14-16)8-9-19(25)22-17-7-3-5-15(13-17)20(26)23-11-1-2-12-23/h3-7,10,13-14H,1-2,8-9,11-12H2,(H,22,25). The number of benzene rings is 1. The van der Waals surface area contributed by atoms with E-state index in [2.05, 4.69) is 10.3 Å². The molecule has 0 spiro atoms. The molecule has 3 rings (SSSR count). The molecular weight excluding hydrogens is 330 g/mol. The molecule has 2 aromatic rings. The Morgan fingerprint density at radius 2 is 1.77 bits per heavy atom. The average Bonchev–Trinajstić information content (AvgIpc) is 3.21. The number of anilines is 1. The Kier molecular flexibility index (Phi) is 5.73. The Hall–Kier alpha value is -3.02. The van der Waals surface area contributed by atoms with Crippen LogP contribution in [0.3, 0.4) is 0 Å². The van der Waals surface area contributed by atoms with Gasteiger partial charge in [-0.25, -0.2) is 0 Å². The molecule has 134 valence electrons. The summed E-state index contributed by atoms with van der Waals surface area (Å²) in [5.41, 5.74) is 1.63. The van der Waals surface area contributed by atoms with Gasteiger partial charge in [0.2, 0.25) is 5.91 Å². The van der Waals surface area contributed by atoms with Gasteiger partial charge in [-0.3, -0.25) is 19.4 Å². The van der Waals surface area contributed by atoms with E-state index >= 15 is 0 Å². The van der Waals surface area contributed by atoms with E-state index < -0.39 is 0 Å². The fourth-order valence-corrected chi connectivity index (χ4v) is 2.96. The van der Waals surface area contributed by atoms with Gasteiger partial charge in [0.15, 0.2) is 5.78 Å². The summed E-state index contributed by atoms with van der Waals surface area (Å²) in [6.45, 7) is 1.57. The third kappa shape index (κ3) is 4.53. The molecule has 1 saturated heterocycles.